The van der Waals surface area contributed by atoms with Gasteiger partial charge in [-0.05, 0) is 43.9 Å². The molecule has 5 nitrogen and oxygen atoms in total. The maximum atomic E-state index is 12.3. The highest BCUT2D eigenvalue weighted by Gasteiger charge is 2.31. The van der Waals surface area contributed by atoms with Crippen molar-refractivity contribution in [1.29, 1.82) is 0 Å². The Kier molecular flexibility index (Phi) is 5.62. The number of likely N-dealkylation sites (tertiary alicyclic amines) is 1. The van der Waals surface area contributed by atoms with Crippen LogP contribution in [0.4, 0.5) is 0 Å². The highest BCUT2D eigenvalue weighted by molar-refractivity contribution is 5.84. The SMILES string of the molecule is CC(C)C[C@H](N)C(=O)N1CCCC(C(=O)NCC2CC2)C1. The molecule has 3 N–H and O–H groups in total. The minimum atomic E-state index is -0.432. The van der Waals surface area contributed by atoms with E-state index in [0.29, 0.717) is 24.8 Å². The van der Waals surface area contributed by atoms with Crippen LogP contribution in [0.1, 0.15) is 46.0 Å². The Morgan fingerprint density at radius 1 is 1.29 bits per heavy atom. The zero-order valence-corrected chi connectivity index (χ0v) is 13.3. The Labute approximate surface area is 127 Å². The number of amides is 2. The van der Waals surface area contributed by atoms with Crippen molar-refractivity contribution in [3.05, 3.63) is 0 Å². The first-order valence-electron chi connectivity index (χ1n) is 8.29. The first kappa shape index (κ1) is 16.3. The van der Waals surface area contributed by atoms with E-state index in [1.807, 2.05) is 0 Å². The number of hydrogen-bond donors (Lipinski definition) is 2. The van der Waals surface area contributed by atoms with Crippen LogP contribution in [-0.2, 0) is 9.59 Å². The van der Waals surface area contributed by atoms with E-state index in [4.69, 9.17) is 5.73 Å². The quantitative estimate of drug-likeness (QED) is 0.771. The number of piperidine rings is 1. The van der Waals surface area contributed by atoms with Crippen LogP contribution in [0.25, 0.3) is 0 Å². The fourth-order valence-electron chi connectivity index (χ4n) is 2.95. The first-order chi connectivity index (χ1) is 9.97. The summed E-state index contributed by atoms with van der Waals surface area (Å²) in [6, 6.07) is -0.432. The van der Waals surface area contributed by atoms with Gasteiger partial charge in [-0.1, -0.05) is 13.8 Å². The molecule has 1 aliphatic heterocycles. The lowest BCUT2D eigenvalue weighted by Crippen LogP contribution is -2.51. The molecule has 1 heterocycles. The molecular formula is C16H29N3O2. The maximum Gasteiger partial charge on any atom is 0.239 e. The van der Waals surface area contributed by atoms with Crippen molar-refractivity contribution in [2.75, 3.05) is 19.6 Å². The van der Waals surface area contributed by atoms with Crippen LogP contribution in [0, 0.1) is 17.8 Å². The summed E-state index contributed by atoms with van der Waals surface area (Å²) < 4.78 is 0. The third kappa shape index (κ3) is 4.99. The molecule has 2 atom stereocenters. The Hall–Kier alpha value is -1.10. The summed E-state index contributed by atoms with van der Waals surface area (Å²) in [6.45, 7) is 6.20. The number of nitrogens with one attached hydrogen (secondary N) is 1. The summed E-state index contributed by atoms with van der Waals surface area (Å²) in [7, 11) is 0. The second-order valence-electron chi connectivity index (χ2n) is 7.05. The molecular weight excluding hydrogens is 266 g/mol. The van der Waals surface area contributed by atoms with Crippen LogP contribution in [0.2, 0.25) is 0 Å². The fraction of sp³-hybridized carbons (Fsp3) is 0.875. The van der Waals surface area contributed by atoms with Crippen molar-refractivity contribution in [3.63, 3.8) is 0 Å². The van der Waals surface area contributed by atoms with E-state index < -0.39 is 6.04 Å². The molecule has 0 aromatic rings. The number of carbonyl (C=O) groups is 2. The van der Waals surface area contributed by atoms with Crippen LogP contribution in [0.5, 0.6) is 0 Å². The zero-order valence-electron chi connectivity index (χ0n) is 13.3. The van der Waals surface area contributed by atoms with E-state index in [0.717, 1.165) is 25.9 Å². The van der Waals surface area contributed by atoms with E-state index in [-0.39, 0.29) is 17.7 Å². The predicted molar refractivity (Wildman–Crippen MR) is 82.5 cm³/mol. The van der Waals surface area contributed by atoms with Crippen molar-refractivity contribution in [2.24, 2.45) is 23.5 Å². The van der Waals surface area contributed by atoms with Gasteiger partial charge in [0.1, 0.15) is 0 Å². The van der Waals surface area contributed by atoms with E-state index in [2.05, 4.69) is 19.2 Å². The van der Waals surface area contributed by atoms with Crippen LogP contribution < -0.4 is 11.1 Å². The monoisotopic (exact) mass is 295 g/mol. The van der Waals surface area contributed by atoms with Crippen LogP contribution >= 0.6 is 0 Å². The number of rotatable bonds is 6. The van der Waals surface area contributed by atoms with Gasteiger partial charge in [0.2, 0.25) is 11.8 Å². The largest absolute Gasteiger partial charge is 0.356 e. The average Bonchev–Trinajstić information content (AvgIpc) is 3.27. The van der Waals surface area contributed by atoms with E-state index in [9.17, 15) is 9.59 Å². The lowest BCUT2D eigenvalue weighted by atomic mass is 9.95. The first-order valence-corrected chi connectivity index (χ1v) is 8.29. The molecule has 0 radical (unpaired) electrons. The molecule has 1 saturated carbocycles. The second-order valence-corrected chi connectivity index (χ2v) is 7.05. The molecule has 0 aromatic heterocycles. The van der Waals surface area contributed by atoms with Crippen LogP contribution in [0.3, 0.4) is 0 Å². The standard InChI is InChI=1S/C16H29N3O2/c1-11(2)8-14(17)16(21)19-7-3-4-13(10-19)15(20)18-9-12-5-6-12/h11-14H,3-10,17H2,1-2H3,(H,18,20)/t13?,14-/m0/s1. The molecule has 0 aromatic carbocycles. The minimum Gasteiger partial charge on any atom is -0.356 e. The molecule has 5 heteroatoms. The molecule has 2 rings (SSSR count). The molecule has 0 spiro atoms. The van der Waals surface area contributed by atoms with Crippen molar-refractivity contribution in [3.8, 4) is 0 Å². The van der Waals surface area contributed by atoms with E-state index in [1.54, 1.807) is 4.90 Å². The van der Waals surface area contributed by atoms with Gasteiger partial charge in [-0.25, -0.2) is 0 Å². The summed E-state index contributed by atoms with van der Waals surface area (Å²) in [5, 5.41) is 3.03. The number of nitrogens with zero attached hydrogens (tertiary/aromatic N) is 1. The highest BCUT2D eigenvalue weighted by atomic mass is 16.2. The van der Waals surface area contributed by atoms with Gasteiger partial charge < -0.3 is 16.0 Å². The molecule has 1 unspecified atom stereocenters. The fourth-order valence-corrected chi connectivity index (χ4v) is 2.95. The highest BCUT2D eigenvalue weighted by Crippen LogP contribution is 2.28. The molecule has 1 aliphatic carbocycles. The molecule has 120 valence electrons. The smallest absolute Gasteiger partial charge is 0.239 e. The van der Waals surface area contributed by atoms with Gasteiger partial charge in [-0.15, -0.1) is 0 Å². The molecule has 21 heavy (non-hydrogen) atoms. The van der Waals surface area contributed by atoms with Gasteiger partial charge >= 0.3 is 0 Å². The maximum absolute atomic E-state index is 12.3. The lowest BCUT2D eigenvalue weighted by Gasteiger charge is -2.34. The number of hydrogen-bond acceptors (Lipinski definition) is 3. The van der Waals surface area contributed by atoms with E-state index in [1.165, 1.54) is 12.8 Å². The van der Waals surface area contributed by atoms with Gasteiger partial charge in [0.05, 0.1) is 12.0 Å². The molecule has 0 bridgehead atoms. The molecule has 2 aliphatic rings. The normalized spacial score (nSPS) is 24.0. The Bertz CT molecular complexity index is 380. The predicted octanol–water partition coefficient (Wildman–Crippen LogP) is 1.12. The van der Waals surface area contributed by atoms with Crippen molar-refractivity contribution in [1.82, 2.24) is 10.2 Å². The van der Waals surface area contributed by atoms with Gasteiger partial charge in [-0.3, -0.25) is 9.59 Å². The number of carbonyl (C=O) groups excluding carboxylic acids is 2. The minimum absolute atomic E-state index is 0.00314. The third-order valence-corrected chi connectivity index (χ3v) is 4.41. The van der Waals surface area contributed by atoms with Gasteiger partial charge in [-0.2, -0.15) is 0 Å². The van der Waals surface area contributed by atoms with Crippen molar-refractivity contribution >= 4 is 11.8 Å². The molecule has 2 amide bonds. The third-order valence-electron chi connectivity index (χ3n) is 4.41. The van der Waals surface area contributed by atoms with Crippen molar-refractivity contribution in [2.45, 2.75) is 52.0 Å². The molecule has 1 saturated heterocycles. The topological polar surface area (TPSA) is 75.4 Å². The zero-order chi connectivity index (χ0) is 15.4. The van der Waals surface area contributed by atoms with Crippen LogP contribution in [0.15, 0.2) is 0 Å². The summed E-state index contributed by atoms with van der Waals surface area (Å²) in [5.74, 6) is 1.15. The summed E-state index contributed by atoms with van der Waals surface area (Å²) >= 11 is 0. The second kappa shape index (κ2) is 7.25. The Balaban J connectivity index is 1.81. The molecule has 2 fully saturated rings. The summed E-state index contributed by atoms with van der Waals surface area (Å²) in [4.78, 5) is 26.3. The van der Waals surface area contributed by atoms with Crippen molar-refractivity contribution < 1.29 is 9.59 Å². The Morgan fingerprint density at radius 2 is 2.00 bits per heavy atom. The van der Waals surface area contributed by atoms with Gasteiger partial charge in [0.25, 0.3) is 0 Å². The lowest BCUT2D eigenvalue weighted by molar-refractivity contribution is -0.137. The Morgan fingerprint density at radius 3 is 2.62 bits per heavy atom. The summed E-state index contributed by atoms with van der Waals surface area (Å²) in [6.07, 6.45) is 4.94. The number of nitrogens with two attached hydrogens (primary N) is 1. The van der Waals surface area contributed by atoms with Crippen LogP contribution in [-0.4, -0.2) is 42.4 Å². The summed E-state index contributed by atoms with van der Waals surface area (Å²) in [5.41, 5.74) is 5.99. The van der Waals surface area contributed by atoms with Gasteiger partial charge in [0, 0.05) is 19.6 Å². The average molecular weight is 295 g/mol. The van der Waals surface area contributed by atoms with E-state index >= 15 is 0 Å². The van der Waals surface area contributed by atoms with Gasteiger partial charge in [0.15, 0.2) is 0 Å².